The van der Waals surface area contributed by atoms with Gasteiger partial charge in [0.2, 0.25) is 11.5 Å². The van der Waals surface area contributed by atoms with Gasteiger partial charge in [0.05, 0.1) is 26.9 Å². The normalized spacial score (nSPS) is 18.3. The first kappa shape index (κ1) is 21.7. The van der Waals surface area contributed by atoms with E-state index in [2.05, 4.69) is 0 Å². The third kappa shape index (κ3) is 3.78. The van der Waals surface area contributed by atoms with E-state index in [1.54, 1.807) is 37.3 Å². The van der Waals surface area contributed by atoms with E-state index < -0.39 is 12.1 Å². The first-order chi connectivity index (χ1) is 15.5. The van der Waals surface area contributed by atoms with E-state index in [1.165, 1.54) is 21.3 Å². The van der Waals surface area contributed by atoms with Crippen LogP contribution >= 0.6 is 0 Å². The third-order valence-corrected chi connectivity index (χ3v) is 5.46. The maximum Gasteiger partial charge on any atom is 0.340 e. The van der Waals surface area contributed by atoms with Gasteiger partial charge in [-0.15, -0.1) is 0 Å². The number of hydrogen-bond donors (Lipinski definition) is 0. The van der Waals surface area contributed by atoms with Crippen molar-refractivity contribution >= 4 is 17.8 Å². The van der Waals surface area contributed by atoms with Crippen molar-refractivity contribution in [2.45, 2.75) is 25.9 Å². The highest BCUT2D eigenvalue weighted by Crippen LogP contribution is 2.43. The fourth-order valence-electron chi connectivity index (χ4n) is 3.80. The number of carbonyl (C=O) groups is 2. The summed E-state index contributed by atoms with van der Waals surface area (Å²) < 4.78 is 33.0. The average molecular weight is 440 g/mol. The van der Waals surface area contributed by atoms with Gasteiger partial charge in [-0.2, -0.15) is 0 Å². The molecule has 1 fully saturated rings. The van der Waals surface area contributed by atoms with Crippen LogP contribution in [0.1, 0.15) is 34.3 Å². The second-order valence-corrected chi connectivity index (χ2v) is 7.35. The van der Waals surface area contributed by atoms with Crippen LogP contribution in [0, 0.1) is 6.92 Å². The minimum absolute atomic E-state index is 0.122. The van der Waals surface area contributed by atoms with E-state index in [-0.39, 0.29) is 11.5 Å². The minimum atomic E-state index is -0.557. The van der Waals surface area contributed by atoms with Crippen LogP contribution in [0.5, 0.6) is 28.7 Å². The Labute approximate surface area is 185 Å². The zero-order valence-corrected chi connectivity index (χ0v) is 18.4. The van der Waals surface area contributed by atoms with Gasteiger partial charge < -0.3 is 28.4 Å². The highest BCUT2D eigenvalue weighted by Gasteiger charge is 2.32. The third-order valence-electron chi connectivity index (χ3n) is 5.46. The molecule has 4 rings (SSSR count). The molecule has 0 bridgehead atoms. The monoisotopic (exact) mass is 440 g/mol. The van der Waals surface area contributed by atoms with E-state index in [4.69, 9.17) is 28.4 Å². The topological polar surface area (TPSA) is 89.5 Å². The molecule has 8 heteroatoms. The number of ketones is 1. The molecule has 0 N–H and O–H groups in total. The molecule has 2 aliphatic heterocycles. The first-order valence-electron chi connectivity index (χ1n) is 10.2. The average Bonchev–Trinajstić information content (AvgIpc) is 3.45. The Kier molecular flexibility index (Phi) is 6.05. The van der Waals surface area contributed by atoms with Crippen molar-refractivity contribution in [2.75, 3.05) is 27.9 Å². The van der Waals surface area contributed by atoms with Gasteiger partial charge in [0.15, 0.2) is 23.4 Å². The quantitative estimate of drug-likeness (QED) is 0.381. The number of benzene rings is 2. The number of carbonyl (C=O) groups excluding carboxylic acids is 2. The largest absolute Gasteiger partial charge is 0.493 e. The Morgan fingerprint density at radius 2 is 1.78 bits per heavy atom. The standard InChI is InChI=1S/C24H24O8/c1-13-16(32-24(26)18-6-5-11-30-18)10-8-15-20(25)19(31-21(13)15)12-14-7-9-17(27-2)23(29-4)22(14)28-3/h7-10,12,18H,5-6,11H2,1-4H3/b19-12-. The molecule has 0 amide bonds. The van der Waals surface area contributed by atoms with Crippen molar-refractivity contribution in [1.29, 1.82) is 0 Å². The molecule has 0 radical (unpaired) electrons. The summed E-state index contributed by atoms with van der Waals surface area (Å²) in [4.78, 5) is 25.3. The Hall–Kier alpha value is -3.52. The summed E-state index contributed by atoms with van der Waals surface area (Å²) in [7, 11) is 4.54. The first-order valence-corrected chi connectivity index (χ1v) is 10.2. The summed E-state index contributed by atoms with van der Waals surface area (Å²) in [5.41, 5.74) is 1.54. The van der Waals surface area contributed by atoms with Crippen LogP contribution in [-0.2, 0) is 9.53 Å². The van der Waals surface area contributed by atoms with Crippen molar-refractivity contribution in [3.63, 3.8) is 0 Å². The van der Waals surface area contributed by atoms with E-state index in [1.807, 2.05) is 0 Å². The lowest BCUT2D eigenvalue weighted by molar-refractivity contribution is -0.144. The molecule has 8 nitrogen and oxygen atoms in total. The Morgan fingerprint density at radius 3 is 2.44 bits per heavy atom. The Bertz CT molecular complexity index is 1100. The molecule has 0 aliphatic carbocycles. The van der Waals surface area contributed by atoms with Gasteiger partial charge in [-0.05, 0) is 50.1 Å². The van der Waals surface area contributed by atoms with Crippen molar-refractivity contribution in [1.82, 2.24) is 0 Å². The molecule has 32 heavy (non-hydrogen) atoms. The molecule has 168 valence electrons. The van der Waals surface area contributed by atoms with Crippen molar-refractivity contribution in [3.05, 3.63) is 46.7 Å². The van der Waals surface area contributed by atoms with E-state index >= 15 is 0 Å². The lowest BCUT2D eigenvalue weighted by Crippen LogP contribution is -2.25. The molecular weight excluding hydrogens is 416 g/mol. The zero-order valence-electron chi connectivity index (χ0n) is 18.4. The van der Waals surface area contributed by atoms with E-state index in [9.17, 15) is 9.59 Å². The van der Waals surface area contributed by atoms with Gasteiger partial charge in [-0.1, -0.05) is 0 Å². The molecule has 2 aliphatic rings. The van der Waals surface area contributed by atoms with Gasteiger partial charge in [0, 0.05) is 17.7 Å². The van der Waals surface area contributed by atoms with Crippen LogP contribution in [0.2, 0.25) is 0 Å². The molecule has 2 heterocycles. The number of methoxy groups -OCH3 is 3. The highest BCUT2D eigenvalue weighted by atomic mass is 16.6. The molecule has 0 aromatic heterocycles. The SMILES string of the molecule is COc1ccc(/C=C2\Oc3c(ccc(OC(=O)C4CCCO4)c3C)C2=O)c(OC)c1OC. The number of hydrogen-bond acceptors (Lipinski definition) is 8. The molecule has 1 saturated heterocycles. The van der Waals surface area contributed by atoms with Crippen LogP contribution in [-0.4, -0.2) is 45.8 Å². The minimum Gasteiger partial charge on any atom is -0.493 e. The van der Waals surface area contributed by atoms with Crippen molar-refractivity contribution in [3.8, 4) is 28.7 Å². The van der Waals surface area contributed by atoms with Gasteiger partial charge in [0.25, 0.3) is 0 Å². The summed E-state index contributed by atoms with van der Waals surface area (Å²) in [6, 6.07) is 6.65. The van der Waals surface area contributed by atoms with Crippen molar-refractivity contribution < 1.29 is 38.0 Å². The van der Waals surface area contributed by atoms with E-state index in [0.29, 0.717) is 58.5 Å². The van der Waals surface area contributed by atoms with Crippen LogP contribution < -0.4 is 23.7 Å². The highest BCUT2D eigenvalue weighted by molar-refractivity contribution is 6.15. The summed E-state index contributed by atoms with van der Waals surface area (Å²) in [5.74, 6) is 1.41. The Morgan fingerprint density at radius 1 is 1.03 bits per heavy atom. The Balaban J connectivity index is 1.64. The van der Waals surface area contributed by atoms with Crippen LogP contribution in [0.25, 0.3) is 6.08 Å². The number of allylic oxidation sites excluding steroid dienone is 1. The molecule has 1 unspecified atom stereocenters. The maximum absolute atomic E-state index is 13.0. The predicted octanol–water partition coefficient (Wildman–Crippen LogP) is 3.72. The van der Waals surface area contributed by atoms with Crippen LogP contribution in [0.3, 0.4) is 0 Å². The summed E-state index contributed by atoms with van der Waals surface area (Å²) >= 11 is 0. The lowest BCUT2D eigenvalue weighted by atomic mass is 10.1. The summed E-state index contributed by atoms with van der Waals surface area (Å²) in [6.07, 6.45) is 2.49. The molecule has 0 spiro atoms. The summed E-state index contributed by atoms with van der Waals surface area (Å²) in [6.45, 7) is 2.29. The smallest absolute Gasteiger partial charge is 0.340 e. The zero-order chi connectivity index (χ0) is 22.8. The van der Waals surface area contributed by atoms with Gasteiger partial charge in [-0.25, -0.2) is 4.79 Å². The number of rotatable bonds is 6. The van der Waals surface area contributed by atoms with Gasteiger partial charge >= 0.3 is 5.97 Å². The fraction of sp³-hybridized carbons (Fsp3) is 0.333. The summed E-state index contributed by atoms with van der Waals surface area (Å²) in [5, 5.41) is 0. The fourth-order valence-corrected chi connectivity index (χ4v) is 3.80. The molecule has 2 aromatic rings. The molecule has 1 atom stereocenters. The number of ether oxygens (including phenoxy) is 6. The maximum atomic E-state index is 13.0. The van der Waals surface area contributed by atoms with Gasteiger partial charge in [0.1, 0.15) is 11.5 Å². The predicted molar refractivity (Wildman–Crippen MR) is 115 cm³/mol. The van der Waals surface area contributed by atoms with Crippen LogP contribution in [0.4, 0.5) is 0 Å². The van der Waals surface area contributed by atoms with Crippen LogP contribution in [0.15, 0.2) is 30.0 Å². The number of esters is 1. The lowest BCUT2D eigenvalue weighted by Gasteiger charge is -2.14. The molecular formula is C24H24O8. The van der Waals surface area contributed by atoms with E-state index in [0.717, 1.165) is 6.42 Å². The van der Waals surface area contributed by atoms with Gasteiger partial charge in [-0.3, -0.25) is 4.79 Å². The number of fused-ring (bicyclic) bond motifs is 1. The molecule has 0 saturated carbocycles. The second-order valence-electron chi connectivity index (χ2n) is 7.35. The number of Topliss-reactive ketones (excluding diaryl/α,β-unsaturated/α-hetero) is 1. The van der Waals surface area contributed by atoms with Crippen molar-refractivity contribution in [2.24, 2.45) is 0 Å². The second kappa shape index (κ2) is 8.92. The molecule has 2 aromatic carbocycles.